The molecule has 1 aliphatic carbocycles. The molecule has 20 heavy (non-hydrogen) atoms. The number of nitrogens with zero attached hydrogens (tertiary/aromatic N) is 2. The van der Waals surface area contributed by atoms with Crippen molar-refractivity contribution in [2.75, 3.05) is 7.05 Å². The van der Waals surface area contributed by atoms with Crippen LogP contribution >= 0.6 is 0 Å². The molecule has 3 nitrogen and oxygen atoms in total. The molecular weight excluding hydrogens is 246 g/mol. The highest BCUT2D eigenvalue weighted by molar-refractivity contribution is 5.28. The van der Waals surface area contributed by atoms with Crippen LogP contribution in [0.5, 0.6) is 0 Å². The van der Waals surface area contributed by atoms with E-state index in [1.165, 1.54) is 49.1 Å². The molecule has 3 heteroatoms. The van der Waals surface area contributed by atoms with E-state index in [-0.39, 0.29) is 0 Å². The first kappa shape index (κ1) is 15.6. The smallest absolute Gasteiger partial charge is 0.0644 e. The van der Waals surface area contributed by atoms with Crippen molar-refractivity contribution in [2.24, 2.45) is 5.92 Å². The highest BCUT2D eigenvalue weighted by atomic mass is 15.3. The standard InChI is InChI=1S/C17H31N3/c1-6-14-10-8-9-11-16(14)20-13(4)17(12(3)19-20)15(7-2)18-5/h14-16,18H,6-11H2,1-5H3. The van der Waals surface area contributed by atoms with Crippen molar-refractivity contribution >= 4 is 0 Å². The summed E-state index contributed by atoms with van der Waals surface area (Å²) in [4.78, 5) is 0. The molecule has 0 bridgehead atoms. The molecule has 1 aromatic rings. The summed E-state index contributed by atoms with van der Waals surface area (Å²) < 4.78 is 2.36. The number of hydrogen-bond acceptors (Lipinski definition) is 2. The normalized spacial score (nSPS) is 24.9. The number of aryl methyl sites for hydroxylation is 1. The Labute approximate surface area is 124 Å². The summed E-state index contributed by atoms with van der Waals surface area (Å²) in [5, 5.41) is 8.36. The molecule has 0 radical (unpaired) electrons. The van der Waals surface area contributed by atoms with Gasteiger partial charge in [0.15, 0.2) is 0 Å². The summed E-state index contributed by atoms with van der Waals surface area (Å²) in [6.07, 6.45) is 7.83. The van der Waals surface area contributed by atoms with Gasteiger partial charge in [-0.05, 0) is 46.1 Å². The fourth-order valence-corrected chi connectivity index (χ4v) is 4.04. The van der Waals surface area contributed by atoms with E-state index in [1.54, 1.807) is 0 Å². The molecule has 0 amide bonds. The Balaban J connectivity index is 2.35. The van der Waals surface area contributed by atoms with E-state index >= 15 is 0 Å². The van der Waals surface area contributed by atoms with Crippen molar-refractivity contribution in [1.82, 2.24) is 15.1 Å². The number of hydrogen-bond donors (Lipinski definition) is 1. The van der Waals surface area contributed by atoms with Gasteiger partial charge in [-0.25, -0.2) is 0 Å². The van der Waals surface area contributed by atoms with E-state index < -0.39 is 0 Å². The van der Waals surface area contributed by atoms with Crippen LogP contribution in [0.15, 0.2) is 0 Å². The van der Waals surface area contributed by atoms with Gasteiger partial charge in [0.05, 0.1) is 11.7 Å². The van der Waals surface area contributed by atoms with E-state index in [0.717, 1.165) is 12.3 Å². The second kappa shape index (κ2) is 6.75. The lowest BCUT2D eigenvalue weighted by Gasteiger charge is -2.32. The van der Waals surface area contributed by atoms with Crippen LogP contribution in [0.3, 0.4) is 0 Å². The van der Waals surface area contributed by atoms with Crippen LogP contribution in [-0.4, -0.2) is 16.8 Å². The predicted molar refractivity (Wildman–Crippen MR) is 85.1 cm³/mol. The molecule has 0 aromatic carbocycles. The van der Waals surface area contributed by atoms with Gasteiger partial charge in [-0.3, -0.25) is 4.68 Å². The molecule has 3 unspecified atom stereocenters. The van der Waals surface area contributed by atoms with Crippen LogP contribution in [0.4, 0.5) is 0 Å². The van der Waals surface area contributed by atoms with Crippen LogP contribution < -0.4 is 5.32 Å². The molecule has 1 heterocycles. The molecule has 0 saturated heterocycles. The van der Waals surface area contributed by atoms with Crippen molar-refractivity contribution in [1.29, 1.82) is 0 Å². The Morgan fingerprint density at radius 1 is 1.25 bits per heavy atom. The van der Waals surface area contributed by atoms with Crippen LogP contribution in [0.25, 0.3) is 0 Å². The summed E-state index contributed by atoms with van der Waals surface area (Å²) in [5.41, 5.74) is 4.02. The lowest BCUT2D eigenvalue weighted by atomic mass is 9.83. The maximum absolute atomic E-state index is 4.93. The van der Waals surface area contributed by atoms with Crippen LogP contribution in [-0.2, 0) is 0 Å². The minimum absolute atomic E-state index is 0.437. The Hall–Kier alpha value is -0.830. The molecule has 1 aliphatic rings. The Morgan fingerprint density at radius 3 is 2.55 bits per heavy atom. The zero-order valence-electron chi connectivity index (χ0n) is 13.9. The van der Waals surface area contributed by atoms with E-state index in [0.29, 0.717) is 12.1 Å². The van der Waals surface area contributed by atoms with Gasteiger partial charge in [0, 0.05) is 17.3 Å². The van der Waals surface area contributed by atoms with Crippen molar-refractivity contribution in [2.45, 2.75) is 78.3 Å². The number of nitrogens with one attached hydrogen (secondary N) is 1. The molecule has 0 aliphatic heterocycles. The quantitative estimate of drug-likeness (QED) is 0.869. The summed E-state index contributed by atoms with van der Waals surface area (Å²) in [6.45, 7) is 9.00. The third-order valence-electron chi connectivity index (χ3n) is 5.19. The molecule has 3 atom stereocenters. The first-order valence-corrected chi connectivity index (χ1v) is 8.36. The van der Waals surface area contributed by atoms with E-state index in [2.05, 4.69) is 44.7 Å². The molecule has 0 spiro atoms. The van der Waals surface area contributed by atoms with Gasteiger partial charge in [0.1, 0.15) is 0 Å². The summed E-state index contributed by atoms with van der Waals surface area (Å²) in [7, 11) is 2.06. The van der Waals surface area contributed by atoms with E-state index in [1.807, 2.05) is 0 Å². The second-order valence-electron chi connectivity index (χ2n) is 6.30. The lowest BCUT2D eigenvalue weighted by Crippen LogP contribution is -2.25. The first-order chi connectivity index (χ1) is 9.63. The molecule has 1 aromatic heterocycles. The van der Waals surface area contributed by atoms with Crippen molar-refractivity contribution in [3.05, 3.63) is 17.0 Å². The minimum Gasteiger partial charge on any atom is -0.313 e. The van der Waals surface area contributed by atoms with Crippen LogP contribution in [0, 0.1) is 19.8 Å². The van der Waals surface area contributed by atoms with Gasteiger partial charge in [-0.15, -0.1) is 0 Å². The highest BCUT2D eigenvalue weighted by Gasteiger charge is 2.29. The maximum Gasteiger partial charge on any atom is 0.0644 e. The third-order valence-corrected chi connectivity index (χ3v) is 5.19. The van der Waals surface area contributed by atoms with E-state index in [9.17, 15) is 0 Å². The topological polar surface area (TPSA) is 29.9 Å². The van der Waals surface area contributed by atoms with Gasteiger partial charge in [0.25, 0.3) is 0 Å². The lowest BCUT2D eigenvalue weighted by molar-refractivity contribution is 0.214. The number of rotatable bonds is 5. The first-order valence-electron chi connectivity index (χ1n) is 8.36. The van der Waals surface area contributed by atoms with Gasteiger partial charge in [-0.1, -0.05) is 33.1 Å². The highest BCUT2D eigenvalue weighted by Crippen LogP contribution is 2.38. The largest absolute Gasteiger partial charge is 0.313 e. The molecule has 1 fully saturated rings. The van der Waals surface area contributed by atoms with Gasteiger partial charge < -0.3 is 5.32 Å². The summed E-state index contributed by atoms with van der Waals surface area (Å²) >= 11 is 0. The zero-order chi connectivity index (χ0) is 14.7. The Bertz CT molecular complexity index is 432. The van der Waals surface area contributed by atoms with Crippen LogP contribution in [0.2, 0.25) is 0 Å². The van der Waals surface area contributed by atoms with Gasteiger partial charge in [-0.2, -0.15) is 5.10 Å². The Morgan fingerprint density at radius 2 is 1.95 bits per heavy atom. The molecular formula is C17H31N3. The molecule has 114 valence electrons. The zero-order valence-corrected chi connectivity index (χ0v) is 13.9. The van der Waals surface area contributed by atoms with E-state index in [4.69, 9.17) is 5.10 Å². The third kappa shape index (κ3) is 2.78. The van der Waals surface area contributed by atoms with Crippen molar-refractivity contribution in [3.63, 3.8) is 0 Å². The Kier molecular flexibility index (Phi) is 5.25. The van der Waals surface area contributed by atoms with Gasteiger partial charge in [0.2, 0.25) is 0 Å². The van der Waals surface area contributed by atoms with Crippen LogP contribution in [0.1, 0.15) is 81.4 Å². The van der Waals surface area contributed by atoms with Crippen molar-refractivity contribution in [3.8, 4) is 0 Å². The maximum atomic E-state index is 4.93. The summed E-state index contributed by atoms with van der Waals surface area (Å²) in [6, 6.07) is 1.06. The molecule has 1 N–H and O–H groups in total. The fourth-order valence-electron chi connectivity index (χ4n) is 4.04. The predicted octanol–water partition coefficient (Wildman–Crippen LogP) is 4.31. The van der Waals surface area contributed by atoms with Crippen molar-refractivity contribution < 1.29 is 0 Å². The monoisotopic (exact) mass is 277 g/mol. The SMILES string of the molecule is CCC(NC)c1c(C)nn(C2CCCCC2CC)c1C. The minimum atomic E-state index is 0.437. The number of aromatic nitrogens is 2. The second-order valence-corrected chi connectivity index (χ2v) is 6.30. The average Bonchev–Trinajstić information content (AvgIpc) is 2.77. The summed E-state index contributed by atoms with van der Waals surface area (Å²) in [5.74, 6) is 0.810. The molecule has 1 saturated carbocycles. The average molecular weight is 277 g/mol. The van der Waals surface area contributed by atoms with Gasteiger partial charge >= 0.3 is 0 Å². The fraction of sp³-hybridized carbons (Fsp3) is 0.824. The molecule has 2 rings (SSSR count).